The molecule has 0 radical (unpaired) electrons. The van der Waals surface area contributed by atoms with E-state index in [0.717, 1.165) is 6.92 Å². The van der Waals surface area contributed by atoms with Gasteiger partial charge in [-0.05, 0) is 97.4 Å². The number of fused-ring (bicyclic) bond motifs is 3. The van der Waals surface area contributed by atoms with Crippen molar-refractivity contribution in [1.82, 2.24) is 0 Å². The van der Waals surface area contributed by atoms with E-state index in [4.69, 9.17) is 9.47 Å². The summed E-state index contributed by atoms with van der Waals surface area (Å²) in [6.07, 6.45) is 3.14. The molecule has 3 N–H and O–H groups in total. The predicted octanol–water partition coefficient (Wildman–Crippen LogP) is 4.24. The Bertz CT molecular complexity index is 1490. The Balaban J connectivity index is 1.85. The summed E-state index contributed by atoms with van der Waals surface area (Å²) in [5.74, 6) is -6.68. The van der Waals surface area contributed by atoms with Gasteiger partial charge in [-0.15, -0.1) is 0 Å². The highest BCUT2D eigenvalue weighted by atomic mass is 127. The lowest BCUT2D eigenvalue weighted by Gasteiger charge is -2.41. The smallest absolute Gasteiger partial charge is 0.344 e. The van der Waals surface area contributed by atoms with Crippen LogP contribution in [0.3, 0.4) is 0 Å². The highest BCUT2D eigenvalue weighted by molar-refractivity contribution is 14.1. The number of benzene rings is 1. The lowest BCUT2D eigenvalue weighted by molar-refractivity contribution is -0.138. The van der Waals surface area contributed by atoms with Crippen molar-refractivity contribution in [2.75, 3.05) is 13.2 Å². The molecule has 10 nitrogen and oxygen atoms in total. The van der Waals surface area contributed by atoms with Gasteiger partial charge >= 0.3 is 11.9 Å². The SMILES string of the molecule is CCOC(=O)/C(I)=C/C(=C/c1ccc(O)c2c1CC1CC3CC(=O)C(C(C)=O)=C(O)C3C(=O)C1=C2O)C(=O)OCC. The van der Waals surface area contributed by atoms with Crippen LogP contribution in [-0.2, 0) is 39.9 Å². The molecule has 0 bridgehead atoms. The zero-order chi connectivity index (χ0) is 30.2. The van der Waals surface area contributed by atoms with E-state index in [1.54, 1.807) is 42.5 Å². The summed E-state index contributed by atoms with van der Waals surface area (Å²) in [5, 5.41) is 32.8. The number of hydrogen-bond donors (Lipinski definition) is 3. The number of phenolic OH excluding ortho intramolecular Hbond substituents is 1. The number of hydrogen-bond acceptors (Lipinski definition) is 10. The van der Waals surface area contributed by atoms with Crippen LogP contribution in [0.15, 0.2) is 44.3 Å². The maximum Gasteiger partial charge on any atom is 0.344 e. The molecule has 0 aromatic heterocycles. The number of esters is 2. The molecule has 0 heterocycles. The minimum absolute atomic E-state index is 0.00576. The second-order valence-electron chi connectivity index (χ2n) is 10.0. The van der Waals surface area contributed by atoms with Crippen molar-refractivity contribution in [2.45, 2.75) is 40.0 Å². The van der Waals surface area contributed by atoms with Gasteiger partial charge in [0.2, 0.25) is 0 Å². The van der Waals surface area contributed by atoms with Crippen LogP contribution in [0.5, 0.6) is 5.75 Å². The van der Waals surface area contributed by atoms with Gasteiger partial charge in [-0.1, -0.05) is 6.07 Å². The molecular weight excluding hydrogens is 647 g/mol. The van der Waals surface area contributed by atoms with Crippen molar-refractivity contribution in [1.29, 1.82) is 0 Å². The third kappa shape index (κ3) is 5.59. The van der Waals surface area contributed by atoms with Crippen LogP contribution < -0.4 is 0 Å². The molecule has 0 saturated heterocycles. The molecule has 41 heavy (non-hydrogen) atoms. The quantitative estimate of drug-likeness (QED) is 0.125. The molecule has 3 atom stereocenters. The number of aliphatic hydroxyl groups excluding tert-OH is 2. The van der Waals surface area contributed by atoms with Crippen molar-refractivity contribution >= 4 is 63.7 Å². The Hall–Kier alpha value is -3.74. The Labute approximate surface area is 249 Å². The highest BCUT2D eigenvalue weighted by Gasteiger charge is 2.50. The molecule has 216 valence electrons. The molecule has 4 rings (SSSR count). The summed E-state index contributed by atoms with van der Waals surface area (Å²) in [6, 6.07) is 2.85. The zero-order valence-electron chi connectivity index (χ0n) is 22.7. The van der Waals surface area contributed by atoms with E-state index < -0.39 is 58.6 Å². The molecule has 3 aliphatic carbocycles. The molecular formula is C30H29IO10. The van der Waals surface area contributed by atoms with Crippen LogP contribution in [0, 0.1) is 17.8 Å². The molecule has 1 fully saturated rings. The van der Waals surface area contributed by atoms with Gasteiger partial charge in [0.1, 0.15) is 17.3 Å². The van der Waals surface area contributed by atoms with Crippen LogP contribution in [0.4, 0.5) is 0 Å². The Kier molecular flexibility index (Phi) is 8.86. The number of ether oxygens (including phenoxy) is 2. The molecule has 3 aliphatic rings. The van der Waals surface area contributed by atoms with Gasteiger partial charge in [0.15, 0.2) is 17.3 Å². The molecule has 1 saturated carbocycles. The van der Waals surface area contributed by atoms with Crippen molar-refractivity contribution in [3.63, 3.8) is 0 Å². The van der Waals surface area contributed by atoms with Crippen molar-refractivity contribution in [2.24, 2.45) is 17.8 Å². The Morgan fingerprint density at radius 3 is 2.32 bits per heavy atom. The maximum atomic E-state index is 13.6. The first-order valence-corrected chi connectivity index (χ1v) is 14.2. The van der Waals surface area contributed by atoms with E-state index in [1.807, 2.05) is 0 Å². The third-order valence-electron chi connectivity index (χ3n) is 7.49. The van der Waals surface area contributed by atoms with Crippen LogP contribution in [-0.4, -0.2) is 57.8 Å². The number of aliphatic hydroxyl groups is 2. The number of carbonyl (C=O) groups excluding carboxylic acids is 5. The summed E-state index contributed by atoms with van der Waals surface area (Å²) in [7, 11) is 0. The van der Waals surface area contributed by atoms with E-state index in [9.17, 15) is 39.3 Å². The number of Topliss-reactive ketones (excluding diaryl/α,β-unsaturated/α-hetero) is 3. The fourth-order valence-corrected chi connectivity index (χ4v) is 6.34. The topological polar surface area (TPSA) is 164 Å². The Morgan fingerprint density at radius 1 is 1.02 bits per heavy atom. The van der Waals surface area contributed by atoms with Gasteiger partial charge in [-0.2, -0.15) is 0 Å². The first-order valence-electron chi connectivity index (χ1n) is 13.1. The van der Waals surface area contributed by atoms with Gasteiger partial charge in [-0.3, -0.25) is 14.4 Å². The number of allylic oxidation sites excluding steroid dienone is 3. The minimum atomic E-state index is -1.14. The number of ketones is 3. The second kappa shape index (κ2) is 12.0. The average molecular weight is 676 g/mol. The molecule has 0 aliphatic heterocycles. The molecule has 1 aromatic rings. The molecule has 0 amide bonds. The summed E-state index contributed by atoms with van der Waals surface area (Å²) < 4.78 is 10.3. The first kappa shape index (κ1) is 30.2. The average Bonchev–Trinajstić information content (AvgIpc) is 2.89. The van der Waals surface area contributed by atoms with Gasteiger partial charge in [-0.25, -0.2) is 9.59 Å². The predicted molar refractivity (Wildman–Crippen MR) is 155 cm³/mol. The van der Waals surface area contributed by atoms with Crippen LogP contribution in [0.2, 0.25) is 0 Å². The van der Waals surface area contributed by atoms with Crippen molar-refractivity contribution in [3.05, 3.63) is 61.0 Å². The Morgan fingerprint density at radius 2 is 1.68 bits per heavy atom. The molecule has 1 aromatic carbocycles. The normalized spacial score (nSPS) is 22.6. The number of rotatable bonds is 7. The van der Waals surface area contributed by atoms with Crippen LogP contribution >= 0.6 is 22.6 Å². The largest absolute Gasteiger partial charge is 0.511 e. The number of carbonyl (C=O) groups is 5. The molecule has 0 spiro atoms. The second-order valence-corrected chi connectivity index (χ2v) is 11.2. The van der Waals surface area contributed by atoms with Gasteiger partial charge < -0.3 is 24.8 Å². The summed E-state index contributed by atoms with van der Waals surface area (Å²) in [4.78, 5) is 63.2. The van der Waals surface area contributed by atoms with Gasteiger partial charge in [0, 0.05) is 12.0 Å². The van der Waals surface area contributed by atoms with Gasteiger partial charge in [0.25, 0.3) is 0 Å². The third-order valence-corrected chi connectivity index (χ3v) is 8.24. The summed E-state index contributed by atoms with van der Waals surface area (Å²) in [6.45, 7) is 4.67. The van der Waals surface area contributed by atoms with E-state index in [1.165, 1.54) is 18.2 Å². The standard InChI is InChI=1S/C30H29IO10/c1-4-40-29(38)17(11-19(31)30(39)41-5-2)8-14-6-7-20(33)25-18(14)10-15-9-16-12-21(34)22(13(3)32)26(35)24(16)27(36)23(15)28(25)37/h6-8,11,15-16,24,33,35,37H,4-5,9-10,12H2,1-3H3/b17-8-,19-11-. The maximum absolute atomic E-state index is 13.6. The highest BCUT2D eigenvalue weighted by Crippen LogP contribution is 2.50. The summed E-state index contributed by atoms with van der Waals surface area (Å²) >= 11 is 1.76. The van der Waals surface area contributed by atoms with E-state index in [2.05, 4.69) is 0 Å². The van der Waals surface area contributed by atoms with E-state index in [0.29, 0.717) is 11.1 Å². The lowest BCUT2D eigenvalue weighted by atomic mass is 9.61. The lowest BCUT2D eigenvalue weighted by Crippen LogP contribution is -2.43. The van der Waals surface area contributed by atoms with Crippen molar-refractivity contribution < 1.29 is 48.8 Å². The fraction of sp³-hybridized carbons (Fsp3) is 0.367. The van der Waals surface area contributed by atoms with Crippen LogP contribution in [0.1, 0.15) is 50.3 Å². The van der Waals surface area contributed by atoms with E-state index in [-0.39, 0.29) is 64.1 Å². The summed E-state index contributed by atoms with van der Waals surface area (Å²) in [5.41, 5.74) is 0.548. The van der Waals surface area contributed by atoms with E-state index >= 15 is 0 Å². The number of aromatic hydroxyl groups is 1. The number of phenols is 1. The van der Waals surface area contributed by atoms with Crippen molar-refractivity contribution in [3.8, 4) is 5.75 Å². The first-order chi connectivity index (χ1) is 19.4. The fourth-order valence-electron chi connectivity index (χ4n) is 5.85. The molecule has 11 heteroatoms. The minimum Gasteiger partial charge on any atom is -0.511 e. The number of halogens is 1. The monoisotopic (exact) mass is 676 g/mol. The van der Waals surface area contributed by atoms with Gasteiger partial charge in [0.05, 0.1) is 39.4 Å². The van der Waals surface area contributed by atoms with Crippen LogP contribution in [0.25, 0.3) is 11.8 Å². The molecule has 3 unspecified atom stereocenters. The zero-order valence-corrected chi connectivity index (χ0v) is 24.8.